The fourth-order valence-electron chi connectivity index (χ4n) is 5.55. The summed E-state index contributed by atoms with van der Waals surface area (Å²) in [5, 5.41) is 19.6. The average molecular weight is 539 g/mol. The number of hydrogen-bond donors (Lipinski definition) is 2. The molecule has 2 bridgehead atoms. The summed E-state index contributed by atoms with van der Waals surface area (Å²) in [4.78, 5) is 42.8. The van der Waals surface area contributed by atoms with Crippen LogP contribution in [-0.2, 0) is 14.4 Å². The van der Waals surface area contributed by atoms with E-state index in [2.05, 4.69) is 22.5 Å². The molecule has 0 aliphatic carbocycles. The molecular formula is C23H27BrN2O6S. The fraction of sp³-hybridized carbons (Fsp3) is 0.522. The number of methoxy groups -OCH3 is 1. The molecule has 1 spiro atoms. The third-order valence-electron chi connectivity index (χ3n) is 6.95. The van der Waals surface area contributed by atoms with E-state index in [1.807, 2.05) is 0 Å². The molecule has 1 aromatic rings. The molecule has 7 atom stereocenters. The molecule has 33 heavy (non-hydrogen) atoms. The van der Waals surface area contributed by atoms with Gasteiger partial charge < -0.3 is 24.7 Å². The van der Waals surface area contributed by atoms with Crippen LogP contribution in [-0.4, -0.2) is 80.1 Å². The van der Waals surface area contributed by atoms with E-state index < -0.39 is 34.6 Å². The molecule has 0 aromatic heterocycles. The first-order valence-corrected chi connectivity index (χ1v) is 12.6. The minimum atomic E-state index is -1.03. The van der Waals surface area contributed by atoms with Crippen molar-refractivity contribution in [2.45, 2.75) is 40.3 Å². The van der Waals surface area contributed by atoms with E-state index in [4.69, 9.17) is 4.74 Å². The van der Waals surface area contributed by atoms with Crippen molar-refractivity contribution in [1.82, 2.24) is 4.90 Å². The summed E-state index contributed by atoms with van der Waals surface area (Å²) < 4.78 is 4.34. The summed E-state index contributed by atoms with van der Waals surface area (Å²) in [7, 11) is 1.56. The van der Waals surface area contributed by atoms with Gasteiger partial charge >= 0.3 is 5.97 Å². The number of nitrogens with zero attached hydrogens (tertiary/aromatic N) is 2. The quantitative estimate of drug-likeness (QED) is 0.385. The number of likely N-dealkylation sites (tertiary alicyclic amines) is 1. The van der Waals surface area contributed by atoms with Crippen molar-refractivity contribution in [2.24, 2.45) is 11.8 Å². The van der Waals surface area contributed by atoms with Crippen LogP contribution in [0.15, 0.2) is 36.9 Å². The minimum Gasteiger partial charge on any atom is -0.497 e. The molecule has 4 rings (SSSR count). The first-order chi connectivity index (χ1) is 15.7. The highest BCUT2D eigenvalue weighted by Gasteiger charge is 2.76. The van der Waals surface area contributed by atoms with Crippen molar-refractivity contribution >= 4 is 51.2 Å². The molecule has 3 fully saturated rings. The highest BCUT2D eigenvalue weighted by Crippen LogP contribution is 2.68. The molecule has 178 valence electrons. The zero-order valence-electron chi connectivity index (χ0n) is 18.4. The van der Waals surface area contributed by atoms with Crippen molar-refractivity contribution in [2.75, 3.05) is 25.2 Å². The number of aliphatic hydroxyl groups excluding tert-OH is 1. The molecule has 1 aromatic carbocycles. The molecule has 0 radical (unpaired) electrons. The van der Waals surface area contributed by atoms with Gasteiger partial charge in [0.1, 0.15) is 11.8 Å². The summed E-state index contributed by atoms with van der Waals surface area (Å²) in [6.45, 7) is 5.35. The number of halogens is 1. The van der Waals surface area contributed by atoms with Crippen molar-refractivity contribution < 1.29 is 29.3 Å². The predicted octanol–water partition coefficient (Wildman–Crippen LogP) is 2.14. The molecule has 8 nitrogen and oxygen atoms in total. The van der Waals surface area contributed by atoms with E-state index in [0.717, 1.165) is 0 Å². The predicted molar refractivity (Wildman–Crippen MR) is 129 cm³/mol. The van der Waals surface area contributed by atoms with Gasteiger partial charge in [-0.15, -0.1) is 18.3 Å². The van der Waals surface area contributed by atoms with Crippen LogP contribution in [0.4, 0.5) is 5.69 Å². The van der Waals surface area contributed by atoms with Gasteiger partial charge in [0.2, 0.25) is 5.91 Å². The van der Waals surface area contributed by atoms with E-state index in [0.29, 0.717) is 17.9 Å². The number of benzene rings is 1. The largest absolute Gasteiger partial charge is 0.497 e. The number of aliphatic hydroxyl groups is 1. The fourth-order valence-corrected chi connectivity index (χ4v) is 9.14. The number of thioether (sulfide) groups is 1. The molecular weight excluding hydrogens is 512 g/mol. The standard InChI is InChI=1S/C23H27BrN2O6S/c1-4-9-25(13-5-7-14(32-3)8-6-13)21(29)19-23-10-15(24)18(33-23)16(22(30)31)17(23)20(28)26(19)12(2)11-27/h4-8,12,15-19,27H,1,9-11H2,2-3H3,(H,30,31)/t12-,15?,16+,17+,18+,19?,23?/m1/s1. The van der Waals surface area contributed by atoms with E-state index in [9.17, 15) is 24.6 Å². The maximum absolute atomic E-state index is 14.2. The normalized spacial score (nSPS) is 33.0. The topological polar surface area (TPSA) is 107 Å². The van der Waals surface area contributed by atoms with Gasteiger partial charge in [-0.3, -0.25) is 14.4 Å². The van der Waals surface area contributed by atoms with E-state index in [1.54, 1.807) is 49.3 Å². The van der Waals surface area contributed by atoms with E-state index in [-0.39, 0.29) is 35.0 Å². The number of rotatable bonds is 8. The lowest BCUT2D eigenvalue weighted by Gasteiger charge is -2.39. The number of carbonyl (C=O) groups excluding carboxylic acids is 2. The van der Waals surface area contributed by atoms with E-state index >= 15 is 0 Å². The van der Waals surface area contributed by atoms with Gasteiger partial charge in [0.05, 0.1) is 36.3 Å². The Kier molecular flexibility index (Phi) is 6.54. The summed E-state index contributed by atoms with van der Waals surface area (Å²) in [5.74, 6) is -2.77. The Morgan fingerprint density at radius 2 is 2.09 bits per heavy atom. The van der Waals surface area contributed by atoms with Gasteiger partial charge in [0.15, 0.2) is 0 Å². The van der Waals surface area contributed by atoms with Crippen LogP contribution >= 0.6 is 27.7 Å². The second-order valence-corrected chi connectivity index (χ2v) is 11.4. The first kappa shape index (κ1) is 24.1. The van der Waals surface area contributed by atoms with Crippen LogP contribution in [0.25, 0.3) is 0 Å². The van der Waals surface area contributed by atoms with Crippen molar-refractivity contribution in [1.29, 1.82) is 0 Å². The summed E-state index contributed by atoms with van der Waals surface area (Å²) in [6, 6.07) is 5.49. The SMILES string of the molecule is C=CCN(C(=O)C1N([C@H](C)CO)C(=O)[C@@H]2[C@H](C(=O)O)[C@H]3SC12CC3Br)c1ccc(OC)cc1. The molecule has 3 aliphatic heterocycles. The Morgan fingerprint density at radius 1 is 1.42 bits per heavy atom. The summed E-state index contributed by atoms with van der Waals surface area (Å²) in [5.41, 5.74) is 0.618. The van der Waals surface area contributed by atoms with Crippen LogP contribution in [0.1, 0.15) is 13.3 Å². The Morgan fingerprint density at radius 3 is 2.64 bits per heavy atom. The number of carboxylic acid groups (broad SMARTS) is 1. The third kappa shape index (κ3) is 3.57. The molecule has 2 amide bonds. The van der Waals surface area contributed by atoms with Crippen LogP contribution < -0.4 is 9.64 Å². The van der Waals surface area contributed by atoms with Crippen molar-refractivity contribution in [3.63, 3.8) is 0 Å². The van der Waals surface area contributed by atoms with Crippen LogP contribution in [0.2, 0.25) is 0 Å². The molecule has 0 saturated carbocycles. The number of fused-ring (bicyclic) bond motifs is 1. The Hall–Kier alpha value is -2.04. The number of anilines is 1. The number of amides is 2. The number of carbonyl (C=O) groups is 3. The number of ether oxygens (including phenoxy) is 1. The minimum absolute atomic E-state index is 0.124. The van der Waals surface area contributed by atoms with Crippen LogP contribution in [0.5, 0.6) is 5.75 Å². The zero-order valence-corrected chi connectivity index (χ0v) is 20.8. The van der Waals surface area contributed by atoms with Gasteiger partial charge in [0.25, 0.3) is 5.91 Å². The third-order valence-corrected chi connectivity index (χ3v) is 10.2. The molecule has 2 N–H and O–H groups in total. The lowest BCUT2D eigenvalue weighted by Crippen LogP contribution is -2.57. The zero-order chi connectivity index (χ0) is 24.1. The number of alkyl halides is 1. The van der Waals surface area contributed by atoms with Crippen molar-refractivity contribution in [3.8, 4) is 5.75 Å². The molecule has 3 saturated heterocycles. The summed E-state index contributed by atoms with van der Waals surface area (Å²) in [6.07, 6.45) is 2.11. The molecule has 3 unspecified atom stereocenters. The average Bonchev–Trinajstić information content (AvgIpc) is 3.40. The lowest BCUT2D eigenvalue weighted by molar-refractivity contribution is -0.149. The number of hydrogen-bond acceptors (Lipinski definition) is 6. The first-order valence-electron chi connectivity index (χ1n) is 10.8. The molecule has 3 heterocycles. The smallest absolute Gasteiger partial charge is 0.308 e. The van der Waals surface area contributed by atoms with Crippen LogP contribution in [0.3, 0.4) is 0 Å². The Balaban J connectivity index is 1.81. The van der Waals surface area contributed by atoms with Gasteiger partial charge in [-0.2, -0.15) is 0 Å². The molecule has 3 aliphatic rings. The van der Waals surface area contributed by atoms with Gasteiger partial charge in [-0.1, -0.05) is 22.0 Å². The Labute approximate surface area is 205 Å². The van der Waals surface area contributed by atoms with Gasteiger partial charge in [-0.25, -0.2) is 0 Å². The molecule has 10 heteroatoms. The number of aliphatic carboxylic acids is 1. The maximum Gasteiger partial charge on any atom is 0.308 e. The van der Waals surface area contributed by atoms with Crippen LogP contribution in [0, 0.1) is 11.8 Å². The summed E-state index contributed by atoms with van der Waals surface area (Å²) >= 11 is 5.05. The van der Waals surface area contributed by atoms with Crippen molar-refractivity contribution in [3.05, 3.63) is 36.9 Å². The highest BCUT2D eigenvalue weighted by atomic mass is 79.9. The van der Waals surface area contributed by atoms with E-state index in [1.165, 1.54) is 16.7 Å². The number of carboxylic acids is 1. The van der Waals surface area contributed by atoms with Gasteiger partial charge in [-0.05, 0) is 37.6 Å². The monoisotopic (exact) mass is 538 g/mol. The maximum atomic E-state index is 14.2. The second kappa shape index (κ2) is 8.96. The highest BCUT2D eigenvalue weighted by molar-refractivity contribution is 9.09. The van der Waals surface area contributed by atoms with Gasteiger partial charge in [0, 0.05) is 22.3 Å². The lowest BCUT2D eigenvalue weighted by atomic mass is 9.71. The second-order valence-electron chi connectivity index (χ2n) is 8.71. The Bertz CT molecular complexity index is 974.